The number of ether oxygens (including phenoxy) is 2. The number of carbonyl (C=O) groups is 3. The second-order valence-electron chi connectivity index (χ2n) is 7.04. The van der Waals surface area contributed by atoms with Crippen LogP contribution in [0.25, 0.3) is 0 Å². The van der Waals surface area contributed by atoms with Crippen LogP contribution in [-0.2, 0) is 14.4 Å². The van der Waals surface area contributed by atoms with Crippen molar-refractivity contribution in [3.8, 4) is 11.5 Å². The van der Waals surface area contributed by atoms with Crippen LogP contribution in [0.1, 0.15) is 5.56 Å². The zero-order valence-corrected chi connectivity index (χ0v) is 22.4. The molecule has 3 aromatic carbocycles. The number of amides is 3. The Morgan fingerprint density at radius 1 is 1.00 bits per heavy atom. The minimum Gasteiger partial charge on any atom is -0.493 e. The summed E-state index contributed by atoms with van der Waals surface area (Å²) in [7, 11) is 1.45. The number of carbonyl (C=O) groups excluding carboxylic acids is 3. The fourth-order valence-electron chi connectivity index (χ4n) is 2.76. The Morgan fingerprint density at radius 3 is 2.31 bits per heavy atom. The highest BCUT2D eigenvalue weighted by atomic mass is 127. The van der Waals surface area contributed by atoms with Crippen LogP contribution in [0, 0.1) is 9.39 Å². The second-order valence-corrected chi connectivity index (χ2v) is 9.12. The van der Waals surface area contributed by atoms with Crippen molar-refractivity contribution in [2.45, 2.75) is 0 Å². The molecule has 36 heavy (non-hydrogen) atoms. The molecule has 0 aliphatic heterocycles. The Kier molecular flexibility index (Phi) is 9.76. The van der Waals surface area contributed by atoms with Crippen molar-refractivity contribution >= 4 is 73.8 Å². The average Bonchev–Trinajstić information content (AvgIpc) is 2.85. The Balaban J connectivity index is 1.57. The maximum Gasteiger partial charge on any atom is 0.329 e. The standard InChI is InChI=1S/C24H19BrFIN4O5/c1-35-20-11-14(12-28-31-24(34)23(33)30-18-8-4-16(26)5-9-18)10-19(27)22(20)36-13-21(32)29-17-6-2-15(25)3-7-17/h2-12H,13H2,1H3,(H,29,32)(H,30,33)(H,31,34)/b28-12-. The zero-order valence-electron chi connectivity index (χ0n) is 18.7. The lowest BCUT2D eigenvalue weighted by Gasteiger charge is -2.13. The van der Waals surface area contributed by atoms with Crippen LogP contribution in [0.3, 0.4) is 0 Å². The first kappa shape index (κ1) is 27.1. The first-order chi connectivity index (χ1) is 17.2. The third kappa shape index (κ3) is 8.02. The summed E-state index contributed by atoms with van der Waals surface area (Å²) in [5, 5.41) is 8.84. The molecule has 0 heterocycles. The summed E-state index contributed by atoms with van der Waals surface area (Å²) in [4.78, 5) is 36.1. The van der Waals surface area contributed by atoms with Crippen LogP contribution in [0.4, 0.5) is 15.8 Å². The number of hydrazone groups is 1. The van der Waals surface area contributed by atoms with Gasteiger partial charge in [0.25, 0.3) is 5.91 Å². The molecule has 0 fully saturated rings. The van der Waals surface area contributed by atoms with Crippen LogP contribution in [-0.4, -0.2) is 37.7 Å². The molecule has 0 spiro atoms. The molecule has 186 valence electrons. The molecular weight excluding hydrogens is 650 g/mol. The third-order valence-electron chi connectivity index (χ3n) is 4.42. The normalized spacial score (nSPS) is 10.6. The fraction of sp³-hybridized carbons (Fsp3) is 0.0833. The molecule has 0 saturated heterocycles. The monoisotopic (exact) mass is 668 g/mol. The number of hydrogen-bond donors (Lipinski definition) is 3. The van der Waals surface area contributed by atoms with Gasteiger partial charge in [-0.15, -0.1) is 0 Å². The summed E-state index contributed by atoms with van der Waals surface area (Å²) >= 11 is 5.35. The molecule has 3 N–H and O–H groups in total. The number of nitrogens with one attached hydrogen (secondary N) is 3. The van der Waals surface area contributed by atoms with Crippen LogP contribution in [0.2, 0.25) is 0 Å². The predicted molar refractivity (Wildman–Crippen MR) is 145 cm³/mol. The zero-order chi connectivity index (χ0) is 26.1. The number of benzene rings is 3. The van der Waals surface area contributed by atoms with Crippen molar-refractivity contribution in [2.24, 2.45) is 5.10 Å². The van der Waals surface area contributed by atoms with E-state index in [0.717, 1.165) is 16.6 Å². The molecule has 0 saturated carbocycles. The van der Waals surface area contributed by atoms with E-state index in [2.05, 4.69) is 37.1 Å². The SMILES string of the molecule is COc1cc(/C=N\NC(=O)C(=O)Nc2ccc(F)cc2)cc(I)c1OCC(=O)Nc1ccc(Br)cc1. The molecule has 12 heteroatoms. The van der Waals surface area contributed by atoms with Gasteiger partial charge < -0.3 is 20.1 Å². The van der Waals surface area contributed by atoms with Crippen molar-refractivity contribution in [1.29, 1.82) is 0 Å². The van der Waals surface area contributed by atoms with Crippen LogP contribution in [0.15, 0.2) is 70.2 Å². The van der Waals surface area contributed by atoms with Crippen molar-refractivity contribution in [3.05, 3.63) is 80.1 Å². The molecule has 3 rings (SSSR count). The van der Waals surface area contributed by atoms with Crippen molar-refractivity contribution in [1.82, 2.24) is 5.43 Å². The number of hydrogen-bond acceptors (Lipinski definition) is 6. The number of anilines is 2. The lowest BCUT2D eigenvalue weighted by atomic mass is 10.2. The van der Waals surface area contributed by atoms with Crippen molar-refractivity contribution < 1.29 is 28.2 Å². The van der Waals surface area contributed by atoms with Gasteiger partial charge in [-0.1, -0.05) is 15.9 Å². The van der Waals surface area contributed by atoms with Gasteiger partial charge in [0.2, 0.25) is 0 Å². The van der Waals surface area contributed by atoms with Crippen LogP contribution >= 0.6 is 38.5 Å². The van der Waals surface area contributed by atoms with Gasteiger partial charge in [-0.05, 0) is 88.8 Å². The predicted octanol–water partition coefficient (Wildman–Crippen LogP) is 4.31. The summed E-state index contributed by atoms with van der Waals surface area (Å²) in [6.07, 6.45) is 1.32. The first-order valence-corrected chi connectivity index (χ1v) is 12.1. The molecular formula is C24H19BrFIN4O5. The highest BCUT2D eigenvalue weighted by molar-refractivity contribution is 14.1. The lowest BCUT2D eigenvalue weighted by molar-refractivity contribution is -0.136. The molecule has 0 unspecified atom stereocenters. The van der Waals surface area contributed by atoms with E-state index in [9.17, 15) is 18.8 Å². The number of methoxy groups -OCH3 is 1. The third-order valence-corrected chi connectivity index (χ3v) is 5.75. The topological polar surface area (TPSA) is 118 Å². The maximum absolute atomic E-state index is 12.9. The van der Waals surface area contributed by atoms with Gasteiger partial charge in [0.15, 0.2) is 18.1 Å². The van der Waals surface area contributed by atoms with Gasteiger partial charge in [0.05, 0.1) is 16.9 Å². The van der Waals surface area contributed by atoms with E-state index < -0.39 is 17.6 Å². The second kappa shape index (κ2) is 13.0. The molecule has 0 bridgehead atoms. The van der Waals surface area contributed by atoms with Crippen LogP contribution < -0.4 is 25.5 Å². The molecule has 9 nitrogen and oxygen atoms in total. The van der Waals surface area contributed by atoms with E-state index in [1.165, 1.54) is 25.5 Å². The van der Waals surface area contributed by atoms with E-state index >= 15 is 0 Å². The molecule has 0 atom stereocenters. The summed E-state index contributed by atoms with van der Waals surface area (Å²) in [5.41, 5.74) is 3.56. The van der Waals surface area contributed by atoms with Gasteiger partial charge in [-0.25, -0.2) is 9.82 Å². The molecule has 3 aromatic rings. The van der Waals surface area contributed by atoms with E-state index in [0.29, 0.717) is 26.3 Å². The van der Waals surface area contributed by atoms with Gasteiger partial charge in [-0.2, -0.15) is 5.10 Å². The lowest BCUT2D eigenvalue weighted by Crippen LogP contribution is -2.32. The molecule has 0 aliphatic carbocycles. The smallest absolute Gasteiger partial charge is 0.329 e. The summed E-state index contributed by atoms with van der Waals surface area (Å²) in [6, 6.07) is 15.4. The highest BCUT2D eigenvalue weighted by Gasteiger charge is 2.15. The highest BCUT2D eigenvalue weighted by Crippen LogP contribution is 2.33. The molecule has 0 aromatic heterocycles. The average molecular weight is 669 g/mol. The van der Waals surface area contributed by atoms with E-state index in [4.69, 9.17) is 9.47 Å². The van der Waals surface area contributed by atoms with Crippen molar-refractivity contribution in [3.63, 3.8) is 0 Å². The molecule has 3 amide bonds. The van der Waals surface area contributed by atoms with Gasteiger partial charge in [0, 0.05) is 15.8 Å². The van der Waals surface area contributed by atoms with Gasteiger partial charge >= 0.3 is 11.8 Å². The Hall–Kier alpha value is -3.52. The summed E-state index contributed by atoms with van der Waals surface area (Å²) < 4.78 is 25.5. The minimum atomic E-state index is -1.01. The number of halogens is 3. The number of nitrogens with zero attached hydrogens (tertiary/aromatic N) is 1. The van der Waals surface area contributed by atoms with E-state index in [1.807, 2.05) is 34.7 Å². The minimum absolute atomic E-state index is 0.241. The summed E-state index contributed by atoms with van der Waals surface area (Å²) in [6.45, 7) is -0.241. The van der Waals surface area contributed by atoms with Crippen LogP contribution in [0.5, 0.6) is 11.5 Å². The van der Waals surface area contributed by atoms with E-state index in [-0.39, 0.29) is 18.2 Å². The van der Waals surface area contributed by atoms with Gasteiger partial charge in [-0.3, -0.25) is 14.4 Å². The fourth-order valence-corrected chi connectivity index (χ4v) is 3.81. The largest absolute Gasteiger partial charge is 0.493 e. The Bertz CT molecular complexity index is 1290. The van der Waals surface area contributed by atoms with Gasteiger partial charge in [0.1, 0.15) is 5.82 Å². The maximum atomic E-state index is 12.9. The summed E-state index contributed by atoms with van der Waals surface area (Å²) in [5.74, 6) is -2.07. The van der Waals surface area contributed by atoms with E-state index in [1.54, 1.807) is 24.3 Å². The quantitative estimate of drug-likeness (QED) is 0.143. The van der Waals surface area contributed by atoms with Crippen molar-refractivity contribution in [2.75, 3.05) is 24.4 Å². The first-order valence-electron chi connectivity index (χ1n) is 10.2. The Morgan fingerprint density at radius 2 is 1.64 bits per heavy atom. The molecule has 0 radical (unpaired) electrons. The molecule has 0 aliphatic rings. The Labute approximate surface area is 227 Å². The number of rotatable bonds is 8.